The third-order valence-corrected chi connectivity index (χ3v) is 1.82. The first-order valence-corrected chi connectivity index (χ1v) is 5.33. The lowest BCUT2D eigenvalue weighted by molar-refractivity contribution is -0.132. The molecule has 0 aliphatic heterocycles. The van der Waals surface area contributed by atoms with Crippen molar-refractivity contribution in [2.24, 2.45) is 0 Å². The lowest BCUT2D eigenvalue weighted by Gasteiger charge is -2.29. The van der Waals surface area contributed by atoms with Gasteiger partial charge in [0.25, 0.3) is 0 Å². The highest BCUT2D eigenvalue weighted by Crippen LogP contribution is 2.35. The normalized spacial score (nSPS) is 13.4. The largest absolute Gasteiger partial charge is 0.384 e. The molecule has 16 heavy (non-hydrogen) atoms. The van der Waals surface area contributed by atoms with E-state index < -0.39 is 11.5 Å². The van der Waals surface area contributed by atoms with Crippen LogP contribution in [0.3, 0.4) is 0 Å². The summed E-state index contributed by atoms with van der Waals surface area (Å²) in [4.78, 5) is 0. The van der Waals surface area contributed by atoms with Crippen LogP contribution >= 0.6 is 0 Å². The molecule has 0 rings (SSSR count). The quantitative estimate of drug-likeness (QED) is 0.723. The third kappa shape index (κ3) is 4.71. The van der Waals surface area contributed by atoms with Gasteiger partial charge in [0.1, 0.15) is 5.60 Å². The van der Waals surface area contributed by atoms with Gasteiger partial charge in [-0.2, -0.15) is 8.78 Å². The molecular weight excluding hydrogens is 210 g/mol. The summed E-state index contributed by atoms with van der Waals surface area (Å²) in [6.45, 7) is 11.2. The molecule has 0 saturated heterocycles. The second kappa shape index (κ2) is 7.34. The summed E-state index contributed by atoms with van der Waals surface area (Å²) in [7, 11) is 0. The summed E-state index contributed by atoms with van der Waals surface area (Å²) in [5, 5.41) is 9.28. The van der Waals surface area contributed by atoms with Crippen LogP contribution in [0.1, 0.15) is 34.6 Å². The SMILES string of the molecule is C=C/C(=C\C=C/C)C(F)(F)C(C)(C)O.CC. The minimum Gasteiger partial charge on any atom is -0.384 e. The first-order valence-electron chi connectivity index (χ1n) is 5.33. The minimum atomic E-state index is -3.30. The van der Waals surface area contributed by atoms with Gasteiger partial charge in [0, 0.05) is 5.57 Å². The van der Waals surface area contributed by atoms with Crippen molar-refractivity contribution in [2.75, 3.05) is 0 Å². The van der Waals surface area contributed by atoms with Crippen LogP contribution in [0.2, 0.25) is 0 Å². The average molecular weight is 232 g/mol. The van der Waals surface area contributed by atoms with Crippen molar-refractivity contribution < 1.29 is 13.9 Å². The topological polar surface area (TPSA) is 20.2 Å². The standard InChI is InChI=1S/C11H16F2O.C2H6/c1-5-7-8-9(6-2)11(12,13)10(3,4)14;1-2/h5-8,14H,2H2,1,3-4H3;1-2H3/b7-5-,9-8+;. The molecule has 0 saturated carbocycles. The predicted molar refractivity (Wildman–Crippen MR) is 65.7 cm³/mol. The van der Waals surface area contributed by atoms with E-state index in [9.17, 15) is 13.9 Å². The van der Waals surface area contributed by atoms with E-state index in [0.29, 0.717) is 0 Å². The van der Waals surface area contributed by atoms with E-state index in [0.717, 1.165) is 19.9 Å². The Morgan fingerprint density at radius 1 is 1.25 bits per heavy atom. The smallest absolute Gasteiger partial charge is 0.300 e. The maximum atomic E-state index is 13.5. The van der Waals surface area contributed by atoms with Crippen LogP contribution in [0.4, 0.5) is 8.78 Å². The van der Waals surface area contributed by atoms with Gasteiger partial charge >= 0.3 is 5.92 Å². The molecule has 94 valence electrons. The second-order valence-corrected chi connectivity index (χ2v) is 3.49. The van der Waals surface area contributed by atoms with Gasteiger partial charge in [-0.25, -0.2) is 0 Å². The molecule has 0 heterocycles. The zero-order valence-corrected chi connectivity index (χ0v) is 10.7. The molecule has 0 aromatic carbocycles. The highest BCUT2D eigenvalue weighted by molar-refractivity contribution is 5.31. The molecule has 0 aliphatic rings. The Morgan fingerprint density at radius 3 is 1.94 bits per heavy atom. The molecule has 0 unspecified atom stereocenters. The molecule has 0 fully saturated rings. The van der Waals surface area contributed by atoms with Gasteiger partial charge in [-0.05, 0) is 20.8 Å². The Bertz CT molecular complexity index is 258. The van der Waals surface area contributed by atoms with Crippen LogP contribution in [0, 0.1) is 0 Å². The fourth-order valence-corrected chi connectivity index (χ4v) is 0.854. The van der Waals surface area contributed by atoms with Gasteiger partial charge in [0.05, 0.1) is 0 Å². The summed E-state index contributed by atoms with van der Waals surface area (Å²) in [5.74, 6) is -3.30. The summed E-state index contributed by atoms with van der Waals surface area (Å²) < 4.78 is 27.0. The van der Waals surface area contributed by atoms with Crippen LogP contribution < -0.4 is 0 Å². The van der Waals surface area contributed by atoms with E-state index in [1.807, 2.05) is 13.8 Å². The second-order valence-electron chi connectivity index (χ2n) is 3.49. The summed E-state index contributed by atoms with van der Waals surface area (Å²) in [5.41, 5.74) is -2.38. The van der Waals surface area contributed by atoms with Crippen molar-refractivity contribution in [3.63, 3.8) is 0 Å². The van der Waals surface area contributed by atoms with Crippen LogP contribution in [0.25, 0.3) is 0 Å². The predicted octanol–water partition coefficient (Wildman–Crippen LogP) is 4.11. The van der Waals surface area contributed by atoms with Gasteiger partial charge in [0.15, 0.2) is 0 Å². The van der Waals surface area contributed by atoms with Crippen LogP contribution in [0.5, 0.6) is 0 Å². The van der Waals surface area contributed by atoms with E-state index >= 15 is 0 Å². The first-order chi connectivity index (χ1) is 7.27. The molecule has 0 aliphatic carbocycles. The van der Waals surface area contributed by atoms with Gasteiger partial charge in [0.2, 0.25) is 0 Å². The van der Waals surface area contributed by atoms with Gasteiger partial charge in [-0.15, -0.1) is 0 Å². The molecular formula is C13H22F2O. The lowest BCUT2D eigenvalue weighted by atomic mass is 9.93. The minimum absolute atomic E-state index is 0.289. The van der Waals surface area contributed by atoms with Crippen molar-refractivity contribution in [1.82, 2.24) is 0 Å². The third-order valence-electron chi connectivity index (χ3n) is 1.82. The molecule has 1 nitrogen and oxygen atoms in total. The number of hydrogen-bond acceptors (Lipinski definition) is 1. The first kappa shape index (κ1) is 17.4. The molecule has 0 bridgehead atoms. The number of rotatable bonds is 4. The zero-order chi connectivity index (χ0) is 13.4. The van der Waals surface area contributed by atoms with E-state index in [1.165, 1.54) is 12.2 Å². The number of aliphatic hydroxyl groups is 1. The van der Waals surface area contributed by atoms with Crippen molar-refractivity contribution in [3.8, 4) is 0 Å². The molecule has 0 amide bonds. The maximum absolute atomic E-state index is 13.5. The zero-order valence-electron chi connectivity index (χ0n) is 10.7. The molecule has 0 spiro atoms. The van der Waals surface area contributed by atoms with Crippen molar-refractivity contribution in [1.29, 1.82) is 0 Å². The Hall–Kier alpha value is -0.960. The molecule has 0 aromatic heterocycles. The summed E-state index contributed by atoms with van der Waals surface area (Å²) in [6.07, 6.45) is 5.41. The highest BCUT2D eigenvalue weighted by atomic mass is 19.3. The van der Waals surface area contributed by atoms with E-state index in [2.05, 4.69) is 6.58 Å². The van der Waals surface area contributed by atoms with E-state index in [-0.39, 0.29) is 5.57 Å². The Labute approximate surface area is 97.2 Å². The number of allylic oxidation sites excluding steroid dienone is 4. The van der Waals surface area contributed by atoms with Crippen molar-refractivity contribution in [3.05, 3.63) is 36.5 Å². The lowest BCUT2D eigenvalue weighted by Crippen LogP contribution is -2.43. The highest BCUT2D eigenvalue weighted by Gasteiger charge is 2.47. The fourth-order valence-electron chi connectivity index (χ4n) is 0.854. The summed E-state index contributed by atoms with van der Waals surface area (Å²) in [6, 6.07) is 0. The van der Waals surface area contributed by atoms with Crippen LogP contribution in [-0.4, -0.2) is 16.6 Å². The molecule has 1 N–H and O–H groups in total. The fraction of sp³-hybridized carbons (Fsp3) is 0.538. The molecule has 0 atom stereocenters. The number of halogens is 2. The van der Waals surface area contributed by atoms with Gasteiger partial charge in [-0.3, -0.25) is 0 Å². The Morgan fingerprint density at radius 2 is 1.69 bits per heavy atom. The summed E-state index contributed by atoms with van der Waals surface area (Å²) >= 11 is 0. The number of hydrogen-bond donors (Lipinski definition) is 1. The van der Waals surface area contributed by atoms with Crippen molar-refractivity contribution in [2.45, 2.75) is 46.1 Å². The van der Waals surface area contributed by atoms with Crippen molar-refractivity contribution >= 4 is 0 Å². The molecule has 3 heteroatoms. The average Bonchev–Trinajstić information content (AvgIpc) is 2.20. The van der Waals surface area contributed by atoms with Crippen LogP contribution in [0.15, 0.2) is 36.5 Å². The maximum Gasteiger partial charge on any atom is 0.300 e. The molecule has 0 radical (unpaired) electrons. The van der Waals surface area contributed by atoms with Gasteiger partial charge in [-0.1, -0.05) is 44.7 Å². The Balaban J connectivity index is 0. The van der Waals surface area contributed by atoms with Gasteiger partial charge < -0.3 is 5.11 Å². The van der Waals surface area contributed by atoms with Crippen LogP contribution in [-0.2, 0) is 0 Å². The monoisotopic (exact) mass is 232 g/mol. The Kier molecular flexibility index (Phi) is 7.99. The van der Waals surface area contributed by atoms with E-state index in [1.54, 1.807) is 13.0 Å². The number of alkyl halides is 2. The van der Waals surface area contributed by atoms with E-state index in [4.69, 9.17) is 0 Å². The molecule has 0 aromatic rings.